The smallest absolute Gasteiger partial charge is 0.312 e. The van der Waals surface area contributed by atoms with E-state index in [9.17, 15) is 24.3 Å². The number of hydrogen-bond donors (Lipinski definition) is 4. The van der Waals surface area contributed by atoms with Crippen LogP contribution < -0.4 is 25.4 Å². The first kappa shape index (κ1) is 28.2. The van der Waals surface area contributed by atoms with Gasteiger partial charge in [-0.05, 0) is 47.7 Å². The van der Waals surface area contributed by atoms with Crippen molar-refractivity contribution in [1.82, 2.24) is 10.6 Å². The molecular weight excluding hydrogens is 490 g/mol. The molecule has 0 spiro atoms. The molecule has 2 aromatic carbocycles. The number of rotatable bonds is 13. The zero-order valence-corrected chi connectivity index (χ0v) is 21.5. The van der Waals surface area contributed by atoms with E-state index in [0.717, 1.165) is 0 Å². The molecule has 1 aliphatic heterocycles. The van der Waals surface area contributed by atoms with Gasteiger partial charge in [0.1, 0.15) is 6.04 Å². The molecule has 38 heavy (non-hydrogen) atoms. The molecule has 0 fully saturated rings. The summed E-state index contributed by atoms with van der Waals surface area (Å²) in [5.41, 5.74) is 1.78. The molecule has 0 aromatic heterocycles. The van der Waals surface area contributed by atoms with Crippen molar-refractivity contribution in [1.29, 1.82) is 0 Å². The number of carboxylic acids is 1. The van der Waals surface area contributed by atoms with Crippen LogP contribution in [0.3, 0.4) is 0 Å². The van der Waals surface area contributed by atoms with Crippen molar-refractivity contribution in [3.63, 3.8) is 0 Å². The Balaban J connectivity index is 1.59. The summed E-state index contributed by atoms with van der Waals surface area (Å²) < 4.78 is 10.6. The zero-order valence-electron chi connectivity index (χ0n) is 21.5. The third-order valence-corrected chi connectivity index (χ3v) is 5.87. The standard InChI is InChI=1S/C28H33N3O7/c1-4-5-25(32)30-20-9-6-18(7-10-20)13-26(33)31-22(12-17(2)3)27(34)29-15-21(28(35)36)19-8-11-23-24(14-19)38-16-37-23/h4,6-11,14,17,21-22H,1,5,12-13,15-16H2,2-3H3,(H,29,34)(H,30,32)(H,31,33)(H,35,36)/t21-,22+/m1/s1. The largest absolute Gasteiger partial charge is 0.481 e. The zero-order chi connectivity index (χ0) is 27.7. The number of benzene rings is 2. The van der Waals surface area contributed by atoms with Crippen molar-refractivity contribution in [3.8, 4) is 11.5 Å². The first-order chi connectivity index (χ1) is 18.2. The molecule has 0 radical (unpaired) electrons. The van der Waals surface area contributed by atoms with Crippen LogP contribution in [-0.4, -0.2) is 48.2 Å². The van der Waals surface area contributed by atoms with Gasteiger partial charge < -0.3 is 30.5 Å². The van der Waals surface area contributed by atoms with Gasteiger partial charge in [0.25, 0.3) is 0 Å². The second-order valence-electron chi connectivity index (χ2n) is 9.41. The average Bonchev–Trinajstić information content (AvgIpc) is 3.32. The van der Waals surface area contributed by atoms with E-state index in [-0.39, 0.29) is 43.9 Å². The number of amides is 3. The molecule has 10 heteroatoms. The molecule has 3 rings (SSSR count). The van der Waals surface area contributed by atoms with Crippen LogP contribution in [0.5, 0.6) is 11.5 Å². The number of hydrogen-bond acceptors (Lipinski definition) is 6. The molecule has 0 aliphatic carbocycles. The highest BCUT2D eigenvalue weighted by atomic mass is 16.7. The maximum atomic E-state index is 13.0. The van der Waals surface area contributed by atoms with Crippen LogP contribution in [0.1, 0.15) is 43.7 Å². The van der Waals surface area contributed by atoms with Gasteiger partial charge >= 0.3 is 5.97 Å². The van der Waals surface area contributed by atoms with Crippen molar-refractivity contribution >= 4 is 29.4 Å². The van der Waals surface area contributed by atoms with Crippen molar-refractivity contribution in [3.05, 3.63) is 66.2 Å². The predicted molar refractivity (Wildman–Crippen MR) is 141 cm³/mol. The van der Waals surface area contributed by atoms with E-state index in [4.69, 9.17) is 9.47 Å². The number of ether oxygens (including phenoxy) is 2. The van der Waals surface area contributed by atoms with Crippen molar-refractivity contribution in [2.45, 2.75) is 45.1 Å². The van der Waals surface area contributed by atoms with Crippen LogP contribution in [0.25, 0.3) is 0 Å². The Morgan fingerprint density at radius 2 is 1.74 bits per heavy atom. The molecule has 2 aromatic rings. The monoisotopic (exact) mass is 523 g/mol. The Kier molecular flexibility index (Phi) is 9.86. The van der Waals surface area contributed by atoms with Crippen molar-refractivity contribution in [2.75, 3.05) is 18.7 Å². The Labute approximate surface area is 221 Å². The second-order valence-corrected chi connectivity index (χ2v) is 9.41. The van der Waals surface area contributed by atoms with Gasteiger partial charge in [-0.1, -0.05) is 38.1 Å². The Hall–Kier alpha value is -4.34. The van der Waals surface area contributed by atoms with Gasteiger partial charge in [-0.3, -0.25) is 19.2 Å². The summed E-state index contributed by atoms with van der Waals surface area (Å²) >= 11 is 0. The lowest BCUT2D eigenvalue weighted by Gasteiger charge is -2.22. The Bertz CT molecular complexity index is 1180. The van der Waals surface area contributed by atoms with Crippen LogP contribution in [0.2, 0.25) is 0 Å². The Morgan fingerprint density at radius 3 is 2.39 bits per heavy atom. The lowest BCUT2D eigenvalue weighted by molar-refractivity contribution is -0.139. The second kappa shape index (κ2) is 13.3. The van der Waals surface area contributed by atoms with Crippen molar-refractivity contribution < 1.29 is 33.8 Å². The fraction of sp³-hybridized carbons (Fsp3) is 0.357. The highest BCUT2D eigenvalue weighted by molar-refractivity contribution is 5.92. The molecule has 1 heterocycles. The van der Waals surface area contributed by atoms with Crippen LogP contribution in [0.15, 0.2) is 55.1 Å². The van der Waals surface area contributed by atoms with E-state index in [1.807, 2.05) is 13.8 Å². The Morgan fingerprint density at radius 1 is 1.03 bits per heavy atom. The molecule has 0 bridgehead atoms. The topological polar surface area (TPSA) is 143 Å². The van der Waals surface area contributed by atoms with Gasteiger partial charge in [0.05, 0.1) is 12.3 Å². The summed E-state index contributed by atoms with van der Waals surface area (Å²) in [6, 6.07) is 10.9. The number of nitrogens with one attached hydrogen (secondary N) is 3. The average molecular weight is 524 g/mol. The van der Waals surface area contributed by atoms with Gasteiger partial charge in [-0.2, -0.15) is 0 Å². The number of carboxylic acid groups (broad SMARTS) is 1. The first-order valence-electron chi connectivity index (χ1n) is 12.3. The maximum Gasteiger partial charge on any atom is 0.312 e. The van der Waals surface area contributed by atoms with E-state index >= 15 is 0 Å². The van der Waals surface area contributed by atoms with E-state index in [1.165, 1.54) is 6.08 Å². The highest BCUT2D eigenvalue weighted by Gasteiger charge is 2.27. The fourth-order valence-electron chi connectivity index (χ4n) is 3.99. The molecule has 0 unspecified atom stereocenters. The lowest BCUT2D eigenvalue weighted by Crippen LogP contribution is -2.49. The molecule has 2 atom stereocenters. The van der Waals surface area contributed by atoms with Gasteiger partial charge in [0.15, 0.2) is 11.5 Å². The third kappa shape index (κ3) is 8.09. The summed E-state index contributed by atoms with van der Waals surface area (Å²) in [5, 5.41) is 17.9. The highest BCUT2D eigenvalue weighted by Crippen LogP contribution is 2.34. The summed E-state index contributed by atoms with van der Waals surface area (Å²) in [6.45, 7) is 7.30. The minimum Gasteiger partial charge on any atom is -0.481 e. The molecule has 3 amide bonds. The van der Waals surface area contributed by atoms with E-state index in [2.05, 4.69) is 22.5 Å². The van der Waals surface area contributed by atoms with Crippen molar-refractivity contribution in [2.24, 2.45) is 5.92 Å². The molecule has 10 nitrogen and oxygen atoms in total. The van der Waals surface area contributed by atoms with Gasteiger partial charge in [0, 0.05) is 18.7 Å². The summed E-state index contributed by atoms with van der Waals surface area (Å²) in [5.74, 6) is -2.00. The summed E-state index contributed by atoms with van der Waals surface area (Å²) in [4.78, 5) is 49.4. The summed E-state index contributed by atoms with van der Waals surface area (Å²) in [6.07, 6.45) is 2.13. The minimum absolute atomic E-state index is 0.0394. The van der Waals surface area contributed by atoms with Gasteiger partial charge in [-0.25, -0.2) is 0 Å². The van der Waals surface area contributed by atoms with Crippen LogP contribution in [0.4, 0.5) is 5.69 Å². The lowest BCUT2D eigenvalue weighted by atomic mass is 9.98. The van der Waals surface area contributed by atoms with Crippen LogP contribution in [0, 0.1) is 5.92 Å². The number of carbonyl (C=O) groups is 4. The normalized spacial score (nSPS) is 13.3. The number of carbonyl (C=O) groups excluding carboxylic acids is 3. The minimum atomic E-state index is -1.10. The molecule has 4 N–H and O–H groups in total. The van der Waals surface area contributed by atoms with Crippen LogP contribution in [-0.2, 0) is 25.6 Å². The molecule has 0 saturated carbocycles. The summed E-state index contributed by atoms with van der Waals surface area (Å²) in [7, 11) is 0. The van der Waals surface area contributed by atoms with Gasteiger partial charge in [0.2, 0.25) is 24.5 Å². The molecular formula is C28H33N3O7. The van der Waals surface area contributed by atoms with Crippen LogP contribution >= 0.6 is 0 Å². The predicted octanol–water partition coefficient (Wildman–Crippen LogP) is 2.99. The number of anilines is 1. The number of fused-ring (bicyclic) bond motifs is 1. The molecule has 0 saturated heterocycles. The molecule has 1 aliphatic rings. The first-order valence-corrected chi connectivity index (χ1v) is 12.3. The maximum absolute atomic E-state index is 13.0. The fourth-order valence-corrected chi connectivity index (χ4v) is 3.99. The SMILES string of the molecule is C=CCC(=O)Nc1ccc(CC(=O)N[C@@H](CC(C)C)C(=O)NC[C@@H](C(=O)O)c2ccc3c(c2)OCO3)cc1. The van der Waals surface area contributed by atoms with E-state index < -0.39 is 23.8 Å². The van der Waals surface area contributed by atoms with E-state index in [0.29, 0.717) is 34.7 Å². The molecule has 202 valence electrons. The number of aliphatic carboxylic acids is 1. The van der Waals surface area contributed by atoms with E-state index in [1.54, 1.807) is 42.5 Å². The third-order valence-electron chi connectivity index (χ3n) is 5.87. The quantitative estimate of drug-likeness (QED) is 0.296. The van der Waals surface area contributed by atoms with Gasteiger partial charge in [-0.15, -0.1) is 6.58 Å².